The molecule has 100 valence electrons. The third kappa shape index (κ3) is 2.16. The Morgan fingerprint density at radius 2 is 2.16 bits per heavy atom. The minimum atomic E-state index is -0.950. The van der Waals surface area contributed by atoms with Gasteiger partial charge in [0.1, 0.15) is 11.8 Å². The van der Waals surface area contributed by atoms with Crippen molar-refractivity contribution in [2.24, 2.45) is 0 Å². The second-order valence-corrected chi connectivity index (χ2v) is 5.58. The second kappa shape index (κ2) is 4.77. The van der Waals surface area contributed by atoms with Gasteiger partial charge in [-0.05, 0) is 11.6 Å². The molecule has 0 bridgehead atoms. The van der Waals surface area contributed by atoms with Crippen LogP contribution in [0.4, 0.5) is 0 Å². The van der Waals surface area contributed by atoms with Gasteiger partial charge in [-0.25, -0.2) is 4.79 Å². The first kappa shape index (κ1) is 12.3. The molecular weight excluding hydrogens is 266 g/mol. The van der Waals surface area contributed by atoms with Crippen LogP contribution in [0, 0.1) is 0 Å². The normalized spacial score (nSPS) is 24.9. The zero-order valence-corrected chi connectivity index (χ0v) is 10.9. The summed E-state index contributed by atoms with van der Waals surface area (Å²) in [4.78, 5) is 24.9. The van der Waals surface area contributed by atoms with Crippen LogP contribution in [0.2, 0.25) is 0 Å². The zero-order valence-electron chi connectivity index (χ0n) is 10.1. The number of rotatable bonds is 2. The van der Waals surface area contributed by atoms with Crippen molar-refractivity contribution >= 4 is 23.6 Å². The van der Waals surface area contributed by atoms with Crippen molar-refractivity contribution in [1.82, 2.24) is 4.90 Å². The van der Waals surface area contributed by atoms with Gasteiger partial charge >= 0.3 is 5.97 Å². The van der Waals surface area contributed by atoms with Gasteiger partial charge in [0.05, 0.1) is 5.88 Å². The molecule has 0 aromatic heterocycles. The smallest absolute Gasteiger partial charge is 0.327 e. The fourth-order valence-corrected chi connectivity index (χ4v) is 3.52. The number of hydrogen-bond donors (Lipinski definition) is 1. The molecule has 0 spiro atoms. The highest BCUT2D eigenvalue weighted by molar-refractivity contribution is 7.99. The van der Waals surface area contributed by atoms with E-state index >= 15 is 0 Å². The van der Waals surface area contributed by atoms with Crippen molar-refractivity contribution in [1.29, 1.82) is 0 Å². The lowest BCUT2D eigenvalue weighted by atomic mass is 10.1. The predicted molar refractivity (Wildman–Crippen MR) is 70.2 cm³/mol. The molecule has 2 aliphatic heterocycles. The fraction of sp³-hybridized carbons (Fsp3) is 0.385. The van der Waals surface area contributed by atoms with Gasteiger partial charge in [0, 0.05) is 12.2 Å². The summed E-state index contributed by atoms with van der Waals surface area (Å²) in [7, 11) is 0. The van der Waals surface area contributed by atoms with Crippen LogP contribution in [0.25, 0.3) is 0 Å². The highest BCUT2D eigenvalue weighted by atomic mass is 32.2. The number of thioether (sulfide) groups is 1. The van der Waals surface area contributed by atoms with Crippen LogP contribution in [0.5, 0.6) is 5.75 Å². The number of aliphatic carboxylic acids is 1. The minimum Gasteiger partial charge on any atom is -0.480 e. The summed E-state index contributed by atoms with van der Waals surface area (Å²) in [5, 5.41) is 9.10. The summed E-state index contributed by atoms with van der Waals surface area (Å²) in [5.74, 6) is 0.411. The Kier molecular flexibility index (Phi) is 3.10. The Labute approximate surface area is 114 Å². The highest BCUT2D eigenvalue weighted by Crippen LogP contribution is 2.31. The van der Waals surface area contributed by atoms with Crippen LogP contribution >= 0.6 is 11.8 Å². The average Bonchev–Trinajstić information content (AvgIpc) is 3.04. The van der Waals surface area contributed by atoms with E-state index in [0.717, 1.165) is 11.3 Å². The van der Waals surface area contributed by atoms with Gasteiger partial charge in [-0.15, -0.1) is 11.8 Å². The van der Waals surface area contributed by atoms with Gasteiger partial charge in [0.25, 0.3) is 5.91 Å². The number of amides is 1. The summed E-state index contributed by atoms with van der Waals surface area (Å²) in [5.41, 5.74) is 1.000. The fourth-order valence-electron chi connectivity index (χ4n) is 2.37. The molecule has 1 amide bonds. The number of carboxylic acids is 1. The minimum absolute atomic E-state index is 0.228. The van der Waals surface area contributed by atoms with Gasteiger partial charge < -0.3 is 14.7 Å². The van der Waals surface area contributed by atoms with Crippen LogP contribution < -0.4 is 4.74 Å². The maximum absolute atomic E-state index is 12.4. The highest BCUT2D eigenvalue weighted by Gasteiger charge is 2.40. The van der Waals surface area contributed by atoms with Crippen LogP contribution in [-0.2, 0) is 16.0 Å². The number of para-hydroxylation sites is 1. The third-order valence-electron chi connectivity index (χ3n) is 3.37. The largest absolute Gasteiger partial charge is 0.480 e. The number of fused-ring (bicyclic) bond motifs is 1. The number of carboxylic acid groups (broad SMARTS) is 1. The lowest BCUT2D eigenvalue weighted by molar-refractivity contribution is -0.150. The molecule has 19 heavy (non-hydrogen) atoms. The van der Waals surface area contributed by atoms with E-state index in [0.29, 0.717) is 18.1 Å². The Morgan fingerprint density at radius 1 is 1.37 bits per heavy atom. The SMILES string of the molecule is O=C(O)[C@@H]1CSCN1C(=O)C1Cc2ccccc2O1. The zero-order chi connectivity index (χ0) is 13.4. The van der Waals surface area contributed by atoms with Gasteiger partial charge in [-0.3, -0.25) is 4.79 Å². The molecule has 3 rings (SSSR count). The van der Waals surface area contributed by atoms with Crippen LogP contribution in [-0.4, -0.2) is 45.7 Å². The number of benzene rings is 1. The average molecular weight is 279 g/mol. The molecule has 1 fully saturated rings. The second-order valence-electron chi connectivity index (χ2n) is 4.58. The molecular formula is C13H13NO4S. The van der Waals surface area contributed by atoms with E-state index < -0.39 is 18.1 Å². The number of ether oxygens (including phenoxy) is 1. The van der Waals surface area contributed by atoms with E-state index in [9.17, 15) is 9.59 Å². The maximum Gasteiger partial charge on any atom is 0.327 e. The molecule has 1 saturated heterocycles. The Morgan fingerprint density at radius 3 is 2.89 bits per heavy atom. The molecule has 1 unspecified atom stereocenters. The number of carbonyl (C=O) groups excluding carboxylic acids is 1. The summed E-state index contributed by atoms with van der Waals surface area (Å²) in [6.45, 7) is 0. The van der Waals surface area contributed by atoms with E-state index in [1.165, 1.54) is 16.7 Å². The van der Waals surface area contributed by atoms with E-state index in [1.807, 2.05) is 24.3 Å². The van der Waals surface area contributed by atoms with Crippen molar-refractivity contribution in [3.8, 4) is 5.75 Å². The Balaban J connectivity index is 1.74. The van der Waals surface area contributed by atoms with E-state index in [1.54, 1.807) is 0 Å². The standard InChI is InChI=1S/C13H13NO4S/c15-12(14-7-19-6-9(14)13(16)17)11-5-8-3-1-2-4-10(8)18-11/h1-4,9,11H,5-7H2,(H,16,17)/t9-,11?/m0/s1. The summed E-state index contributed by atoms with van der Waals surface area (Å²) >= 11 is 1.46. The maximum atomic E-state index is 12.4. The van der Waals surface area contributed by atoms with Crippen LogP contribution in [0.1, 0.15) is 5.56 Å². The van der Waals surface area contributed by atoms with Crippen molar-refractivity contribution in [3.05, 3.63) is 29.8 Å². The number of carbonyl (C=O) groups is 2. The third-order valence-corrected chi connectivity index (χ3v) is 4.39. The van der Waals surface area contributed by atoms with Crippen molar-refractivity contribution in [2.75, 3.05) is 11.6 Å². The van der Waals surface area contributed by atoms with Gasteiger partial charge in [-0.1, -0.05) is 18.2 Å². The van der Waals surface area contributed by atoms with Gasteiger partial charge in [-0.2, -0.15) is 0 Å². The first-order chi connectivity index (χ1) is 9.16. The molecule has 1 aromatic carbocycles. The molecule has 0 radical (unpaired) electrons. The Hall–Kier alpha value is -1.69. The Bertz CT molecular complexity index is 508. The molecule has 2 atom stereocenters. The first-order valence-electron chi connectivity index (χ1n) is 6.02. The molecule has 0 aliphatic carbocycles. The van der Waals surface area contributed by atoms with Crippen molar-refractivity contribution in [3.63, 3.8) is 0 Å². The molecule has 2 aliphatic rings. The van der Waals surface area contributed by atoms with E-state index in [2.05, 4.69) is 0 Å². The molecule has 0 saturated carbocycles. The van der Waals surface area contributed by atoms with E-state index in [-0.39, 0.29) is 5.91 Å². The van der Waals surface area contributed by atoms with Crippen LogP contribution in [0.15, 0.2) is 24.3 Å². The molecule has 5 nitrogen and oxygen atoms in total. The molecule has 1 aromatic rings. The number of hydrogen-bond acceptors (Lipinski definition) is 4. The first-order valence-corrected chi connectivity index (χ1v) is 7.18. The van der Waals surface area contributed by atoms with Crippen molar-refractivity contribution in [2.45, 2.75) is 18.6 Å². The molecule has 1 N–H and O–H groups in total. The summed E-state index contributed by atoms with van der Waals surface area (Å²) < 4.78 is 5.62. The lowest BCUT2D eigenvalue weighted by Gasteiger charge is -2.23. The monoisotopic (exact) mass is 279 g/mol. The number of nitrogens with zero attached hydrogens (tertiary/aromatic N) is 1. The van der Waals surface area contributed by atoms with Gasteiger partial charge in [0.15, 0.2) is 6.10 Å². The molecule has 6 heteroatoms. The molecule has 2 heterocycles. The van der Waals surface area contributed by atoms with Crippen LogP contribution in [0.3, 0.4) is 0 Å². The predicted octanol–water partition coefficient (Wildman–Crippen LogP) is 0.976. The summed E-state index contributed by atoms with van der Waals surface area (Å²) in [6.07, 6.45) is -0.0689. The lowest BCUT2D eigenvalue weighted by Crippen LogP contribution is -2.47. The quantitative estimate of drug-likeness (QED) is 0.874. The topological polar surface area (TPSA) is 66.8 Å². The van der Waals surface area contributed by atoms with Crippen molar-refractivity contribution < 1.29 is 19.4 Å². The summed E-state index contributed by atoms with van der Waals surface area (Å²) in [6, 6.07) is 6.79. The van der Waals surface area contributed by atoms with Gasteiger partial charge in [0.2, 0.25) is 0 Å². The van der Waals surface area contributed by atoms with E-state index in [4.69, 9.17) is 9.84 Å².